The molecule has 8 nitrogen and oxygen atoms in total. The maximum absolute atomic E-state index is 12.3. The number of carboxylic acids is 1. The van der Waals surface area contributed by atoms with Crippen molar-refractivity contribution in [2.24, 2.45) is 16.5 Å². The van der Waals surface area contributed by atoms with Crippen molar-refractivity contribution in [2.75, 3.05) is 6.54 Å². The van der Waals surface area contributed by atoms with Crippen LogP contribution in [0.25, 0.3) is 0 Å². The van der Waals surface area contributed by atoms with Gasteiger partial charge < -0.3 is 21.9 Å². The number of Topliss-reactive ketones (excluding diaryl/α,β-unsaturated/α-hetero) is 1. The summed E-state index contributed by atoms with van der Waals surface area (Å²) in [5.41, 5.74) is 12.1. The van der Waals surface area contributed by atoms with Crippen molar-refractivity contribution >= 4 is 29.3 Å². The first-order valence-corrected chi connectivity index (χ1v) is 8.61. The van der Waals surface area contributed by atoms with E-state index >= 15 is 0 Å². The lowest BCUT2D eigenvalue weighted by molar-refractivity contribution is -0.137. The molecule has 1 amide bonds. The first-order valence-electron chi connectivity index (χ1n) is 8.61. The Bertz CT molecular complexity index is 877. The van der Waals surface area contributed by atoms with Gasteiger partial charge in [-0.05, 0) is 23.8 Å². The maximum Gasteiger partial charge on any atom is 0.303 e. The molecule has 0 aliphatic heterocycles. The molecule has 0 aromatic heterocycles. The summed E-state index contributed by atoms with van der Waals surface area (Å²) in [5, 5.41) is 11.6. The van der Waals surface area contributed by atoms with Gasteiger partial charge in [-0.2, -0.15) is 0 Å². The lowest BCUT2D eigenvalue weighted by atomic mass is 9.91. The highest BCUT2D eigenvalue weighted by Gasteiger charge is 2.19. The number of hydrogen-bond donors (Lipinski definition) is 4. The van der Waals surface area contributed by atoms with Crippen molar-refractivity contribution in [2.45, 2.75) is 18.8 Å². The highest BCUT2D eigenvalue weighted by atomic mass is 16.4. The number of carboxylic acid groups (broad SMARTS) is 1. The van der Waals surface area contributed by atoms with Crippen LogP contribution in [0.15, 0.2) is 59.6 Å². The molecule has 1 atom stereocenters. The maximum atomic E-state index is 12.3. The van der Waals surface area contributed by atoms with Crippen LogP contribution < -0.4 is 16.8 Å². The van der Waals surface area contributed by atoms with Crippen LogP contribution in [-0.4, -0.2) is 35.3 Å². The van der Waals surface area contributed by atoms with Gasteiger partial charge in [-0.15, -0.1) is 0 Å². The minimum absolute atomic E-state index is 0.0185. The number of guanidine groups is 1. The topological polar surface area (TPSA) is 148 Å². The number of benzene rings is 2. The van der Waals surface area contributed by atoms with Crippen LogP contribution in [0.4, 0.5) is 5.69 Å². The van der Waals surface area contributed by atoms with Crippen molar-refractivity contribution in [3.8, 4) is 0 Å². The molecular weight excluding hydrogens is 360 g/mol. The van der Waals surface area contributed by atoms with Crippen LogP contribution in [0.3, 0.4) is 0 Å². The Balaban J connectivity index is 1.97. The van der Waals surface area contributed by atoms with E-state index in [1.165, 1.54) is 6.07 Å². The summed E-state index contributed by atoms with van der Waals surface area (Å²) in [6.07, 6.45) is -0.144. The summed E-state index contributed by atoms with van der Waals surface area (Å²) in [7, 11) is 0. The SMILES string of the molecule is NC(N)=Nc1cccc(C(=O)NCC(=O)CC(CC(=O)O)c2ccccc2)c1. The van der Waals surface area contributed by atoms with E-state index in [1.807, 2.05) is 6.07 Å². The van der Waals surface area contributed by atoms with Gasteiger partial charge >= 0.3 is 5.97 Å². The van der Waals surface area contributed by atoms with Gasteiger partial charge in [-0.3, -0.25) is 14.4 Å². The molecule has 1 unspecified atom stereocenters. The van der Waals surface area contributed by atoms with E-state index in [0.717, 1.165) is 5.56 Å². The molecule has 0 heterocycles. The van der Waals surface area contributed by atoms with E-state index in [0.29, 0.717) is 11.3 Å². The molecule has 0 bridgehead atoms. The molecule has 0 aliphatic carbocycles. The summed E-state index contributed by atoms with van der Waals surface area (Å²) >= 11 is 0. The van der Waals surface area contributed by atoms with E-state index in [9.17, 15) is 14.4 Å². The highest BCUT2D eigenvalue weighted by molar-refractivity contribution is 5.97. The Hall–Kier alpha value is -3.68. The Kier molecular flexibility index (Phi) is 7.27. The Labute approximate surface area is 162 Å². The summed E-state index contributed by atoms with van der Waals surface area (Å²) in [6, 6.07) is 15.3. The predicted molar refractivity (Wildman–Crippen MR) is 105 cm³/mol. The van der Waals surface area contributed by atoms with Crippen molar-refractivity contribution in [3.63, 3.8) is 0 Å². The molecule has 0 saturated carbocycles. The molecule has 2 aromatic rings. The van der Waals surface area contributed by atoms with Crippen molar-refractivity contribution < 1.29 is 19.5 Å². The second kappa shape index (κ2) is 9.86. The number of carbonyl (C=O) groups is 3. The molecule has 0 aliphatic rings. The number of ketones is 1. The van der Waals surface area contributed by atoms with E-state index in [4.69, 9.17) is 16.6 Å². The standard InChI is InChI=1S/C20H22N4O4/c21-20(22)24-16-8-4-7-14(9-16)19(28)23-12-17(25)10-15(11-18(26)27)13-5-2-1-3-6-13/h1-9,15H,10-12H2,(H,23,28)(H,26,27)(H4,21,22,24). The quantitative estimate of drug-likeness (QED) is 0.382. The molecule has 0 saturated heterocycles. The number of aliphatic carboxylic acids is 1. The third-order valence-corrected chi connectivity index (χ3v) is 3.98. The van der Waals surface area contributed by atoms with Crippen molar-refractivity contribution in [1.82, 2.24) is 5.32 Å². The minimum Gasteiger partial charge on any atom is -0.481 e. The zero-order valence-corrected chi connectivity index (χ0v) is 15.2. The number of hydrogen-bond acceptors (Lipinski definition) is 4. The molecule has 0 radical (unpaired) electrons. The lowest BCUT2D eigenvalue weighted by Crippen LogP contribution is -2.30. The lowest BCUT2D eigenvalue weighted by Gasteiger charge is -2.15. The molecule has 146 valence electrons. The van der Waals surface area contributed by atoms with Crippen LogP contribution in [0, 0.1) is 0 Å². The number of amides is 1. The zero-order chi connectivity index (χ0) is 20.5. The van der Waals surface area contributed by atoms with E-state index in [2.05, 4.69) is 10.3 Å². The van der Waals surface area contributed by atoms with Crippen LogP contribution in [0.5, 0.6) is 0 Å². The fraction of sp³-hybridized carbons (Fsp3) is 0.200. The van der Waals surface area contributed by atoms with Crippen LogP contribution in [-0.2, 0) is 9.59 Å². The van der Waals surface area contributed by atoms with Gasteiger partial charge in [0.1, 0.15) is 0 Å². The number of nitrogens with zero attached hydrogens (tertiary/aromatic N) is 1. The van der Waals surface area contributed by atoms with Gasteiger partial charge in [0.05, 0.1) is 18.7 Å². The smallest absolute Gasteiger partial charge is 0.303 e. The summed E-state index contributed by atoms with van der Waals surface area (Å²) in [4.78, 5) is 39.5. The summed E-state index contributed by atoms with van der Waals surface area (Å²) in [5.74, 6) is -2.27. The van der Waals surface area contributed by atoms with Gasteiger partial charge in [0, 0.05) is 17.9 Å². The number of rotatable bonds is 9. The summed E-state index contributed by atoms with van der Waals surface area (Å²) in [6.45, 7) is -0.200. The third-order valence-electron chi connectivity index (χ3n) is 3.98. The van der Waals surface area contributed by atoms with Gasteiger partial charge in [0.25, 0.3) is 5.91 Å². The fourth-order valence-corrected chi connectivity index (χ4v) is 2.74. The molecule has 8 heteroatoms. The van der Waals surface area contributed by atoms with Gasteiger partial charge in [0.15, 0.2) is 11.7 Å². The summed E-state index contributed by atoms with van der Waals surface area (Å²) < 4.78 is 0. The van der Waals surface area contributed by atoms with E-state index in [1.54, 1.807) is 42.5 Å². The fourth-order valence-electron chi connectivity index (χ4n) is 2.74. The second-order valence-corrected chi connectivity index (χ2v) is 6.22. The molecule has 28 heavy (non-hydrogen) atoms. The molecular formula is C20H22N4O4. The average molecular weight is 382 g/mol. The van der Waals surface area contributed by atoms with Crippen LogP contribution in [0.2, 0.25) is 0 Å². The van der Waals surface area contributed by atoms with E-state index < -0.39 is 17.8 Å². The Morgan fingerprint density at radius 3 is 2.36 bits per heavy atom. The minimum atomic E-state index is -0.984. The zero-order valence-electron chi connectivity index (χ0n) is 15.2. The van der Waals surface area contributed by atoms with Crippen molar-refractivity contribution in [1.29, 1.82) is 0 Å². The first kappa shape index (κ1) is 20.6. The Morgan fingerprint density at radius 2 is 1.71 bits per heavy atom. The van der Waals surface area contributed by atoms with Crippen LogP contribution >= 0.6 is 0 Å². The number of nitrogens with one attached hydrogen (secondary N) is 1. The van der Waals surface area contributed by atoms with Gasteiger partial charge in [0.2, 0.25) is 0 Å². The molecule has 0 fully saturated rings. The third kappa shape index (κ3) is 6.56. The molecule has 2 aromatic carbocycles. The monoisotopic (exact) mass is 382 g/mol. The average Bonchev–Trinajstić information content (AvgIpc) is 2.65. The normalized spacial score (nSPS) is 11.3. The first-order chi connectivity index (χ1) is 13.3. The van der Waals surface area contributed by atoms with Gasteiger partial charge in [-0.25, -0.2) is 4.99 Å². The van der Waals surface area contributed by atoms with Crippen LogP contribution in [0.1, 0.15) is 34.7 Å². The number of nitrogens with two attached hydrogens (primary N) is 2. The van der Waals surface area contributed by atoms with E-state index in [-0.39, 0.29) is 31.1 Å². The molecule has 2 rings (SSSR count). The predicted octanol–water partition coefficient (Wildman–Crippen LogP) is 1.54. The highest BCUT2D eigenvalue weighted by Crippen LogP contribution is 2.23. The van der Waals surface area contributed by atoms with Gasteiger partial charge in [-0.1, -0.05) is 36.4 Å². The number of carbonyl (C=O) groups excluding carboxylic acids is 2. The molecule has 0 spiro atoms. The Morgan fingerprint density at radius 1 is 1.00 bits per heavy atom. The van der Waals surface area contributed by atoms with Crippen molar-refractivity contribution in [3.05, 3.63) is 65.7 Å². The number of aliphatic imine (C=N–C) groups is 1. The second-order valence-electron chi connectivity index (χ2n) is 6.22. The molecule has 6 N–H and O–H groups in total. The largest absolute Gasteiger partial charge is 0.481 e.